The maximum absolute atomic E-state index is 8.68. The smallest absolute Gasteiger partial charge is 0.189 e. The first-order valence-corrected chi connectivity index (χ1v) is 5.86. The van der Waals surface area contributed by atoms with Crippen LogP contribution in [-0.2, 0) is 6.54 Å². The second kappa shape index (κ2) is 5.14. The minimum absolute atomic E-state index is 0.0596. The summed E-state index contributed by atoms with van der Waals surface area (Å²) in [5, 5.41) is 15.1. The third kappa shape index (κ3) is 2.74. The highest BCUT2D eigenvalue weighted by molar-refractivity contribution is 5.96. The fraction of sp³-hybridized carbons (Fsp3) is 0.500. The van der Waals surface area contributed by atoms with Gasteiger partial charge in [-0.1, -0.05) is 18.1 Å². The quantitative estimate of drug-likeness (QED) is 0.315. The Morgan fingerprint density at radius 1 is 1.65 bits per heavy atom. The highest BCUT2D eigenvalue weighted by Crippen LogP contribution is 2.26. The molecule has 1 aromatic heterocycles. The number of aromatic nitrogens is 1. The monoisotopic (exact) mass is 234 g/mol. The highest BCUT2D eigenvalue weighted by atomic mass is 16.4. The lowest BCUT2D eigenvalue weighted by molar-refractivity contribution is 0.240. The first-order valence-electron chi connectivity index (χ1n) is 5.86. The summed E-state index contributed by atoms with van der Waals surface area (Å²) in [6, 6.07) is 4.38. The van der Waals surface area contributed by atoms with Gasteiger partial charge < -0.3 is 16.3 Å². The van der Waals surface area contributed by atoms with Crippen LogP contribution >= 0.6 is 0 Å². The minimum Gasteiger partial charge on any atom is -0.409 e. The first kappa shape index (κ1) is 11.9. The molecule has 1 heterocycles. The molecule has 0 amide bonds. The summed E-state index contributed by atoms with van der Waals surface area (Å²) >= 11 is 0. The van der Waals surface area contributed by atoms with Crippen LogP contribution in [0.25, 0.3) is 0 Å². The van der Waals surface area contributed by atoms with Crippen LogP contribution in [0.5, 0.6) is 0 Å². The fourth-order valence-corrected chi connectivity index (χ4v) is 2.18. The van der Waals surface area contributed by atoms with Gasteiger partial charge in [-0.2, -0.15) is 0 Å². The van der Waals surface area contributed by atoms with Crippen molar-refractivity contribution in [2.45, 2.75) is 32.4 Å². The molecule has 1 aliphatic carbocycles. The number of amidine groups is 1. The van der Waals surface area contributed by atoms with E-state index in [1.807, 2.05) is 12.1 Å². The Balaban J connectivity index is 2.00. The van der Waals surface area contributed by atoms with E-state index in [4.69, 9.17) is 10.9 Å². The van der Waals surface area contributed by atoms with E-state index in [0.29, 0.717) is 18.3 Å². The topological polar surface area (TPSA) is 83.5 Å². The zero-order valence-corrected chi connectivity index (χ0v) is 9.93. The number of hydrogen-bond donors (Lipinski definition) is 3. The van der Waals surface area contributed by atoms with Gasteiger partial charge in [-0.15, -0.1) is 0 Å². The van der Waals surface area contributed by atoms with Gasteiger partial charge in [0, 0.05) is 18.8 Å². The number of nitrogens with one attached hydrogen (secondary N) is 1. The Kier molecular flexibility index (Phi) is 3.58. The molecule has 0 aliphatic heterocycles. The molecule has 0 aromatic carbocycles. The Morgan fingerprint density at radius 2 is 2.41 bits per heavy atom. The Bertz CT molecular complexity index is 413. The average Bonchev–Trinajstić information content (AvgIpc) is 2.32. The van der Waals surface area contributed by atoms with Crippen LogP contribution in [0.3, 0.4) is 0 Å². The van der Waals surface area contributed by atoms with E-state index in [0.717, 1.165) is 11.5 Å². The van der Waals surface area contributed by atoms with Crippen LogP contribution in [0.2, 0.25) is 0 Å². The fourth-order valence-electron chi connectivity index (χ4n) is 2.18. The van der Waals surface area contributed by atoms with Gasteiger partial charge in [0.1, 0.15) is 5.69 Å². The molecule has 4 N–H and O–H groups in total. The molecule has 0 radical (unpaired) electrons. The molecule has 1 saturated carbocycles. The second-order valence-corrected chi connectivity index (χ2v) is 4.65. The van der Waals surface area contributed by atoms with Crippen LogP contribution in [0.15, 0.2) is 23.5 Å². The second-order valence-electron chi connectivity index (χ2n) is 4.65. The Labute approximate surface area is 101 Å². The number of rotatable bonds is 4. The molecule has 0 saturated heterocycles. The predicted molar refractivity (Wildman–Crippen MR) is 65.8 cm³/mol. The summed E-state index contributed by atoms with van der Waals surface area (Å²) in [5.74, 6) is 0.884. The standard InChI is InChI=1S/C12H18N4O/c1-8-5-10(6-8)15-7-9-3-2-4-14-11(9)12(13)16-17/h2-4,8,10,15,17H,5-7H2,1H3,(H2,13,16). The maximum atomic E-state index is 8.68. The number of pyridine rings is 1. The molecule has 5 nitrogen and oxygen atoms in total. The van der Waals surface area contributed by atoms with Gasteiger partial charge in [0.15, 0.2) is 5.84 Å². The van der Waals surface area contributed by atoms with Gasteiger partial charge in [0.05, 0.1) is 0 Å². The van der Waals surface area contributed by atoms with Gasteiger partial charge in [0.25, 0.3) is 0 Å². The molecule has 0 spiro atoms. The number of nitrogens with two attached hydrogens (primary N) is 1. The SMILES string of the molecule is CC1CC(NCc2cccnc2/C(N)=N/O)C1. The normalized spacial score (nSPS) is 24.4. The van der Waals surface area contributed by atoms with E-state index in [1.165, 1.54) is 12.8 Å². The van der Waals surface area contributed by atoms with Crippen molar-refractivity contribution in [3.05, 3.63) is 29.6 Å². The molecule has 2 rings (SSSR count). The molecule has 0 atom stereocenters. The van der Waals surface area contributed by atoms with Gasteiger partial charge >= 0.3 is 0 Å². The van der Waals surface area contributed by atoms with E-state index in [2.05, 4.69) is 22.4 Å². The van der Waals surface area contributed by atoms with Crippen molar-refractivity contribution in [3.8, 4) is 0 Å². The summed E-state index contributed by atoms with van der Waals surface area (Å²) in [6.45, 7) is 2.96. The van der Waals surface area contributed by atoms with E-state index in [-0.39, 0.29) is 5.84 Å². The zero-order chi connectivity index (χ0) is 12.3. The van der Waals surface area contributed by atoms with Crippen LogP contribution in [0.4, 0.5) is 0 Å². The van der Waals surface area contributed by atoms with Crippen LogP contribution in [-0.4, -0.2) is 22.1 Å². The molecule has 1 aromatic rings. The molecule has 5 heteroatoms. The van der Waals surface area contributed by atoms with Crippen LogP contribution < -0.4 is 11.1 Å². The Morgan fingerprint density at radius 3 is 3.06 bits per heavy atom. The minimum atomic E-state index is 0.0596. The maximum Gasteiger partial charge on any atom is 0.189 e. The van der Waals surface area contributed by atoms with Crippen LogP contribution in [0, 0.1) is 5.92 Å². The van der Waals surface area contributed by atoms with E-state index < -0.39 is 0 Å². The van der Waals surface area contributed by atoms with Gasteiger partial charge in [-0.05, 0) is 30.4 Å². The average molecular weight is 234 g/mol. The number of nitrogens with zero attached hydrogens (tertiary/aromatic N) is 2. The largest absolute Gasteiger partial charge is 0.409 e. The van der Waals surface area contributed by atoms with Crippen molar-refractivity contribution < 1.29 is 5.21 Å². The summed E-state index contributed by atoms with van der Waals surface area (Å²) in [6.07, 6.45) is 4.08. The highest BCUT2D eigenvalue weighted by Gasteiger charge is 2.24. The summed E-state index contributed by atoms with van der Waals surface area (Å²) in [5.41, 5.74) is 7.09. The third-order valence-electron chi connectivity index (χ3n) is 3.20. The van der Waals surface area contributed by atoms with Gasteiger partial charge in [0.2, 0.25) is 0 Å². The van der Waals surface area contributed by atoms with Gasteiger partial charge in [-0.3, -0.25) is 4.98 Å². The molecular weight excluding hydrogens is 216 g/mol. The number of oxime groups is 1. The molecule has 92 valence electrons. The van der Waals surface area contributed by atoms with Crippen molar-refractivity contribution in [3.63, 3.8) is 0 Å². The summed E-state index contributed by atoms with van der Waals surface area (Å²) in [4.78, 5) is 4.13. The lowest BCUT2D eigenvalue weighted by Gasteiger charge is -2.33. The van der Waals surface area contributed by atoms with Crippen LogP contribution in [0.1, 0.15) is 31.0 Å². The number of hydrogen-bond acceptors (Lipinski definition) is 4. The third-order valence-corrected chi connectivity index (χ3v) is 3.20. The molecular formula is C12H18N4O. The van der Waals surface area contributed by atoms with Crippen molar-refractivity contribution in [2.75, 3.05) is 0 Å². The summed E-state index contributed by atoms with van der Waals surface area (Å²) in [7, 11) is 0. The molecule has 1 fully saturated rings. The molecule has 0 unspecified atom stereocenters. The van der Waals surface area contributed by atoms with Gasteiger partial charge in [-0.25, -0.2) is 0 Å². The molecule has 1 aliphatic rings. The Hall–Kier alpha value is -1.62. The first-order chi connectivity index (χ1) is 8.20. The lowest BCUT2D eigenvalue weighted by atomic mass is 9.82. The summed E-state index contributed by atoms with van der Waals surface area (Å²) < 4.78 is 0. The molecule has 0 bridgehead atoms. The van der Waals surface area contributed by atoms with Crippen molar-refractivity contribution >= 4 is 5.84 Å². The van der Waals surface area contributed by atoms with Crippen molar-refractivity contribution in [1.29, 1.82) is 0 Å². The lowest BCUT2D eigenvalue weighted by Crippen LogP contribution is -2.40. The van der Waals surface area contributed by atoms with E-state index in [1.54, 1.807) is 6.20 Å². The van der Waals surface area contributed by atoms with Crippen molar-refractivity contribution in [2.24, 2.45) is 16.8 Å². The van der Waals surface area contributed by atoms with Crippen molar-refractivity contribution in [1.82, 2.24) is 10.3 Å². The predicted octanol–water partition coefficient (Wildman–Crippen LogP) is 1.06. The molecule has 17 heavy (non-hydrogen) atoms. The van der Waals surface area contributed by atoms with E-state index in [9.17, 15) is 0 Å². The zero-order valence-electron chi connectivity index (χ0n) is 9.93. The van der Waals surface area contributed by atoms with E-state index >= 15 is 0 Å².